The van der Waals surface area contributed by atoms with E-state index in [4.69, 9.17) is 10.00 Å². The first kappa shape index (κ1) is 12.8. The molecule has 0 aromatic carbocycles. The number of anilines is 1. The molecule has 2 heterocycles. The van der Waals surface area contributed by atoms with Gasteiger partial charge in [0.05, 0.1) is 11.2 Å². The van der Waals surface area contributed by atoms with Crippen LogP contribution in [0.25, 0.3) is 0 Å². The maximum atomic E-state index is 9.10. The third-order valence-electron chi connectivity index (χ3n) is 2.78. The van der Waals surface area contributed by atoms with E-state index < -0.39 is 0 Å². The molecule has 0 amide bonds. The van der Waals surface area contributed by atoms with E-state index in [-0.39, 0.29) is 11.2 Å². The van der Waals surface area contributed by atoms with Crippen molar-refractivity contribution >= 4 is 5.82 Å². The van der Waals surface area contributed by atoms with Crippen molar-refractivity contribution in [2.45, 2.75) is 38.9 Å². The summed E-state index contributed by atoms with van der Waals surface area (Å²) >= 11 is 0. The van der Waals surface area contributed by atoms with Crippen LogP contribution in [0.5, 0.6) is 0 Å². The fraction of sp³-hybridized carbons (Fsp3) is 0.615. The van der Waals surface area contributed by atoms with Crippen molar-refractivity contribution in [2.75, 3.05) is 18.0 Å². The van der Waals surface area contributed by atoms with Crippen molar-refractivity contribution in [1.29, 1.82) is 5.26 Å². The highest BCUT2D eigenvalue weighted by Crippen LogP contribution is 2.31. The molecule has 1 aliphatic heterocycles. The molecule has 1 aromatic rings. The van der Waals surface area contributed by atoms with Crippen LogP contribution < -0.4 is 4.90 Å². The first-order chi connectivity index (χ1) is 8.33. The highest BCUT2D eigenvalue weighted by atomic mass is 16.5. The first-order valence-electron chi connectivity index (χ1n) is 5.99. The summed E-state index contributed by atoms with van der Waals surface area (Å²) in [5.41, 5.74) is -0.177. The van der Waals surface area contributed by atoms with E-state index in [2.05, 4.69) is 20.9 Å². The third-order valence-corrected chi connectivity index (χ3v) is 2.78. The molecule has 0 N–H and O–H groups in total. The Kier molecular flexibility index (Phi) is 2.99. The van der Waals surface area contributed by atoms with E-state index in [9.17, 15) is 0 Å². The Bertz CT molecular complexity index is 474. The summed E-state index contributed by atoms with van der Waals surface area (Å²) in [6, 6.07) is 2.09. The maximum Gasteiger partial charge on any atom is 0.183 e. The smallest absolute Gasteiger partial charge is 0.183 e. The number of nitriles is 1. The van der Waals surface area contributed by atoms with Crippen LogP contribution in [0.2, 0.25) is 0 Å². The topological polar surface area (TPSA) is 62.0 Å². The number of hydrogen-bond donors (Lipinski definition) is 0. The molecule has 96 valence electrons. The predicted octanol–water partition coefficient (Wildman–Crippen LogP) is 1.74. The lowest BCUT2D eigenvalue weighted by atomic mass is 9.99. The van der Waals surface area contributed by atoms with Crippen molar-refractivity contribution in [3.63, 3.8) is 0 Å². The van der Waals surface area contributed by atoms with Gasteiger partial charge in [0, 0.05) is 25.5 Å². The largest absolute Gasteiger partial charge is 0.366 e. The van der Waals surface area contributed by atoms with Gasteiger partial charge in [-0.2, -0.15) is 5.26 Å². The van der Waals surface area contributed by atoms with Crippen LogP contribution in [0.4, 0.5) is 5.82 Å². The molecular weight excluding hydrogens is 228 g/mol. The van der Waals surface area contributed by atoms with E-state index >= 15 is 0 Å². The number of aromatic nitrogens is 2. The molecule has 5 nitrogen and oxygen atoms in total. The number of rotatable bonds is 1. The summed E-state index contributed by atoms with van der Waals surface area (Å²) in [6.45, 7) is 9.58. The zero-order chi connectivity index (χ0) is 13.4. The minimum atomic E-state index is -0.272. The molecule has 1 saturated heterocycles. The van der Waals surface area contributed by atoms with Crippen LogP contribution in [-0.2, 0) is 4.74 Å². The second-order valence-electron chi connectivity index (χ2n) is 5.82. The second kappa shape index (κ2) is 4.21. The highest BCUT2D eigenvalue weighted by molar-refractivity contribution is 5.50. The SMILES string of the molecule is CC1(C)CN(c2nccnc2C#N)CC(C)(C)O1. The van der Waals surface area contributed by atoms with Gasteiger partial charge in [-0.25, -0.2) is 9.97 Å². The first-order valence-corrected chi connectivity index (χ1v) is 5.99. The summed E-state index contributed by atoms with van der Waals surface area (Å²) in [5.74, 6) is 0.643. The Morgan fingerprint density at radius 1 is 1.17 bits per heavy atom. The quantitative estimate of drug-likeness (QED) is 0.755. The molecule has 0 radical (unpaired) electrons. The van der Waals surface area contributed by atoms with Gasteiger partial charge in [0.1, 0.15) is 6.07 Å². The van der Waals surface area contributed by atoms with E-state index in [1.54, 1.807) is 12.4 Å². The average molecular weight is 246 g/mol. The van der Waals surface area contributed by atoms with Gasteiger partial charge in [-0.3, -0.25) is 0 Å². The molecule has 0 aliphatic carbocycles. The monoisotopic (exact) mass is 246 g/mol. The zero-order valence-corrected chi connectivity index (χ0v) is 11.3. The summed E-state index contributed by atoms with van der Waals surface area (Å²) in [7, 11) is 0. The van der Waals surface area contributed by atoms with Crippen molar-refractivity contribution in [2.24, 2.45) is 0 Å². The Balaban J connectivity index is 2.36. The predicted molar refractivity (Wildman–Crippen MR) is 68.2 cm³/mol. The Morgan fingerprint density at radius 2 is 1.72 bits per heavy atom. The minimum absolute atomic E-state index is 0.272. The summed E-state index contributed by atoms with van der Waals surface area (Å²) in [5, 5.41) is 9.10. The standard InChI is InChI=1S/C13H18N4O/c1-12(2)8-17(9-13(3,4)18-12)11-10(7-14)15-5-6-16-11/h5-6H,8-9H2,1-4H3. The van der Waals surface area contributed by atoms with Gasteiger partial charge >= 0.3 is 0 Å². The van der Waals surface area contributed by atoms with Crippen molar-refractivity contribution in [1.82, 2.24) is 9.97 Å². The lowest BCUT2D eigenvalue weighted by Crippen LogP contribution is -2.57. The molecule has 2 rings (SSSR count). The fourth-order valence-corrected chi connectivity index (χ4v) is 2.58. The van der Waals surface area contributed by atoms with Gasteiger partial charge < -0.3 is 9.64 Å². The van der Waals surface area contributed by atoms with E-state index in [1.165, 1.54) is 0 Å². The van der Waals surface area contributed by atoms with Crippen LogP contribution >= 0.6 is 0 Å². The molecule has 1 aliphatic rings. The van der Waals surface area contributed by atoms with Gasteiger partial charge in [0.2, 0.25) is 0 Å². The lowest BCUT2D eigenvalue weighted by Gasteiger charge is -2.47. The van der Waals surface area contributed by atoms with Gasteiger partial charge in [-0.05, 0) is 27.7 Å². The molecule has 0 atom stereocenters. The lowest BCUT2D eigenvalue weighted by molar-refractivity contribution is -0.133. The summed E-state index contributed by atoms with van der Waals surface area (Å²) in [6.07, 6.45) is 3.16. The second-order valence-corrected chi connectivity index (χ2v) is 5.82. The maximum absolute atomic E-state index is 9.10. The molecule has 0 unspecified atom stereocenters. The molecular formula is C13H18N4O. The van der Waals surface area contributed by atoms with Gasteiger partial charge in [-0.1, -0.05) is 0 Å². The average Bonchev–Trinajstić information content (AvgIpc) is 2.24. The Labute approximate surface area is 107 Å². The van der Waals surface area contributed by atoms with Crippen LogP contribution in [-0.4, -0.2) is 34.3 Å². The molecule has 0 spiro atoms. The van der Waals surface area contributed by atoms with Gasteiger partial charge in [0.25, 0.3) is 0 Å². The molecule has 0 bridgehead atoms. The summed E-state index contributed by atoms with van der Waals surface area (Å²) < 4.78 is 6.01. The third kappa shape index (κ3) is 2.59. The van der Waals surface area contributed by atoms with Crippen molar-refractivity contribution in [3.05, 3.63) is 18.1 Å². The Hall–Kier alpha value is -1.67. The molecule has 1 aromatic heterocycles. The fourth-order valence-electron chi connectivity index (χ4n) is 2.58. The number of ether oxygens (including phenoxy) is 1. The van der Waals surface area contributed by atoms with Crippen LogP contribution in [0.3, 0.4) is 0 Å². The number of morpholine rings is 1. The van der Waals surface area contributed by atoms with Gasteiger partial charge in [0.15, 0.2) is 11.5 Å². The zero-order valence-electron chi connectivity index (χ0n) is 11.3. The summed E-state index contributed by atoms with van der Waals surface area (Å²) in [4.78, 5) is 10.4. The Morgan fingerprint density at radius 3 is 2.28 bits per heavy atom. The molecule has 0 saturated carbocycles. The van der Waals surface area contributed by atoms with Crippen LogP contribution in [0.1, 0.15) is 33.4 Å². The highest BCUT2D eigenvalue weighted by Gasteiger charge is 2.39. The van der Waals surface area contributed by atoms with Crippen LogP contribution in [0, 0.1) is 11.3 Å². The van der Waals surface area contributed by atoms with Crippen LogP contribution in [0.15, 0.2) is 12.4 Å². The van der Waals surface area contributed by atoms with E-state index in [0.29, 0.717) is 24.6 Å². The molecule has 5 heteroatoms. The molecule has 1 fully saturated rings. The molecule has 18 heavy (non-hydrogen) atoms. The van der Waals surface area contributed by atoms with Crippen molar-refractivity contribution in [3.8, 4) is 6.07 Å². The van der Waals surface area contributed by atoms with E-state index in [0.717, 1.165) is 0 Å². The van der Waals surface area contributed by atoms with Crippen molar-refractivity contribution < 1.29 is 4.74 Å². The van der Waals surface area contributed by atoms with E-state index in [1.807, 2.05) is 27.7 Å². The normalized spacial score (nSPS) is 21.4. The minimum Gasteiger partial charge on any atom is -0.366 e. The number of hydrogen-bond acceptors (Lipinski definition) is 5. The van der Waals surface area contributed by atoms with Gasteiger partial charge in [-0.15, -0.1) is 0 Å². The number of nitrogens with zero attached hydrogens (tertiary/aromatic N) is 4.